The molecule has 2 aliphatic rings. The number of carbonyl (C=O) groups is 1. The Morgan fingerprint density at radius 2 is 2.00 bits per heavy atom. The van der Waals surface area contributed by atoms with E-state index in [0.717, 1.165) is 51.2 Å². The van der Waals surface area contributed by atoms with E-state index in [1.165, 1.54) is 4.90 Å². The van der Waals surface area contributed by atoms with Crippen LogP contribution in [0.15, 0.2) is 41.4 Å². The minimum Gasteiger partial charge on any atom is -0.337 e. The van der Waals surface area contributed by atoms with Crippen LogP contribution in [0.5, 0.6) is 0 Å². The Labute approximate surface area is 158 Å². The summed E-state index contributed by atoms with van der Waals surface area (Å²) in [6.45, 7) is 3.64. The summed E-state index contributed by atoms with van der Waals surface area (Å²) >= 11 is 1.87. The fourth-order valence-electron chi connectivity index (χ4n) is 3.67. The molecule has 7 heteroatoms. The Morgan fingerprint density at radius 1 is 1.19 bits per heavy atom. The maximum Gasteiger partial charge on any atom is 0.276 e. The second-order valence-corrected chi connectivity index (χ2v) is 8.19. The van der Waals surface area contributed by atoms with Gasteiger partial charge in [0.2, 0.25) is 0 Å². The molecule has 3 heterocycles. The Kier molecular flexibility index (Phi) is 5.55. The molecule has 4 rings (SSSR count). The van der Waals surface area contributed by atoms with Crippen molar-refractivity contribution in [3.8, 4) is 0 Å². The van der Waals surface area contributed by atoms with E-state index in [4.69, 9.17) is 0 Å². The number of carbonyl (C=O) groups excluding carboxylic acids is 1. The fraction of sp³-hybridized carbons (Fsp3) is 0.526. The van der Waals surface area contributed by atoms with Gasteiger partial charge >= 0.3 is 0 Å². The van der Waals surface area contributed by atoms with Crippen molar-refractivity contribution in [3.05, 3.63) is 42.2 Å². The highest BCUT2D eigenvalue weighted by Crippen LogP contribution is 2.26. The number of aromatic nitrogens is 3. The first-order valence-electron chi connectivity index (χ1n) is 9.39. The smallest absolute Gasteiger partial charge is 0.276 e. The number of hydrogen-bond donors (Lipinski definition) is 1. The third-order valence-corrected chi connectivity index (χ3v) is 6.46. The Bertz CT molecular complexity index is 729. The highest BCUT2D eigenvalue weighted by atomic mass is 32.2. The van der Waals surface area contributed by atoms with Gasteiger partial charge in [0.15, 0.2) is 5.69 Å². The molecule has 1 aromatic carbocycles. The first-order valence-corrected chi connectivity index (χ1v) is 10.4. The van der Waals surface area contributed by atoms with Crippen molar-refractivity contribution < 1.29 is 4.79 Å². The molecular formula is C19H25N5OS. The number of nitrogens with zero attached hydrogens (tertiary/aromatic N) is 4. The van der Waals surface area contributed by atoms with Gasteiger partial charge in [0.05, 0.1) is 12.2 Å². The first-order chi connectivity index (χ1) is 12.8. The van der Waals surface area contributed by atoms with Gasteiger partial charge < -0.3 is 10.2 Å². The van der Waals surface area contributed by atoms with Crippen molar-refractivity contribution in [2.45, 2.75) is 30.2 Å². The number of thioether (sulfide) groups is 1. The maximum atomic E-state index is 12.8. The van der Waals surface area contributed by atoms with E-state index in [-0.39, 0.29) is 5.91 Å². The Hall–Kier alpha value is -1.86. The number of piperidine rings is 1. The molecule has 1 atom stereocenters. The highest BCUT2D eigenvalue weighted by molar-refractivity contribution is 7.99. The zero-order valence-electron chi connectivity index (χ0n) is 14.9. The van der Waals surface area contributed by atoms with Gasteiger partial charge in [-0.25, -0.2) is 4.68 Å². The molecule has 1 aromatic heterocycles. The second kappa shape index (κ2) is 8.22. The molecule has 2 aromatic rings. The van der Waals surface area contributed by atoms with E-state index in [2.05, 4.69) is 39.9 Å². The number of amides is 1. The van der Waals surface area contributed by atoms with Crippen LogP contribution < -0.4 is 5.32 Å². The number of nitrogens with one attached hydrogen (secondary N) is 1. The summed E-state index contributed by atoms with van der Waals surface area (Å²) < 4.78 is 1.88. The largest absolute Gasteiger partial charge is 0.337 e. The second-order valence-electron chi connectivity index (χ2n) is 7.09. The number of hydrogen-bond acceptors (Lipinski definition) is 5. The zero-order valence-corrected chi connectivity index (χ0v) is 15.7. The fourth-order valence-corrected chi connectivity index (χ4v) is 4.72. The molecule has 0 aliphatic carbocycles. The van der Waals surface area contributed by atoms with Gasteiger partial charge in [-0.2, -0.15) is 0 Å². The molecule has 0 bridgehead atoms. The topological polar surface area (TPSA) is 63.1 Å². The lowest BCUT2D eigenvalue weighted by molar-refractivity contribution is 0.0782. The van der Waals surface area contributed by atoms with Gasteiger partial charge in [0.25, 0.3) is 5.91 Å². The molecular weight excluding hydrogens is 346 g/mol. The summed E-state index contributed by atoms with van der Waals surface area (Å²) in [5, 5.41) is 11.7. The summed E-state index contributed by atoms with van der Waals surface area (Å²) in [6.07, 6.45) is 4.98. The molecule has 2 saturated heterocycles. The average Bonchev–Trinajstić information content (AvgIpc) is 3.37. The minimum absolute atomic E-state index is 0.0254. The molecule has 0 saturated carbocycles. The lowest BCUT2D eigenvalue weighted by atomic mass is 10.1. The van der Waals surface area contributed by atoms with Gasteiger partial charge in [0, 0.05) is 23.7 Å². The Morgan fingerprint density at radius 3 is 2.81 bits per heavy atom. The lowest BCUT2D eigenvalue weighted by Gasteiger charge is -2.22. The summed E-state index contributed by atoms with van der Waals surface area (Å²) in [7, 11) is 0. The molecule has 0 radical (unpaired) electrons. The van der Waals surface area contributed by atoms with Crippen molar-refractivity contribution >= 4 is 17.7 Å². The van der Waals surface area contributed by atoms with Gasteiger partial charge in [-0.1, -0.05) is 23.4 Å². The van der Waals surface area contributed by atoms with Crippen LogP contribution in [0.4, 0.5) is 0 Å². The van der Waals surface area contributed by atoms with Gasteiger partial charge in [0.1, 0.15) is 0 Å². The Balaban J connectivity index is 1.30. The minimum atomic E-state index is 0.0254. The van der Waals surface area contributed by atoms with Crippen molar-refractivity contribution in [1.82, 2.24) is 25.2 Å². The third-order valence-electron chi connectivity index (χ3n) is 5.21. The number of rotatable bonds is 5. The van der Waals surface area contributed by atoms with Crippen molar-refractivity contribution in [1.29, 1.82) is 0 Å². The summed E-state index contributed by atoms with van der Waals surface area (Å²) in [5.41, 5.74) is 0.486. The van der Waals surface area contributed by atoms with E-state index in [9.17, 15) is 4.79 Å². The van der Waals surface area contributed by atoms with E-state index < -0.39 is 0 Å². The molecule has 26 heavy (non-hydrogen) atoms. The van der Waals surface area contributed by atoms with E-state index in [1.807, 2.05) is 33.6 Å². The summed E-state index contributed by atoms with van der Waals surface area (Å²) in [4.78, 5) is 16.0. The van der Waals surface area contributed by atoms with Gasteiger partial charge in [-0.05, 0) is 50.4 Å². The van der Waals surface area contributed by atoms with Crippen LogP contribution in [-0.2, 0) is 0 Å². The van der Waals surface area contributed by atoms with E-state index in [1.54, 1.807) is 0 Å². The van der Waals surface area contributed by atoms with E-state index >= 15 is 0 Å². The molecule has 1 amide bonds. The predicted molar refractivity (Wildman–Crippen MR) is 102 cm³/mol. The van der Waals surface area contributed by atoms with Gasteiger partial charge in [-0.15, -0.1) is 16.9 Å². The van der Waals surface area contributed by atoms with Crippen LogP contribution in [0.1, 0.15) is 35.8 Å². The molecule has 138 valence electrons. The molecule has 2 aliphatic heterocycles. The highest BCUT2D eigenvalue weighted by Gasteiger charge is 2.29. The summed E-state index contributed by atoms with van der Waals surface area (Å²) in [5.74, 6) is 1.62. The lowest BCUT2D eigenvalue weighted by Crippen LogP contribution is -2.30. The van der Waals surface area contributed by atoms with Crippen molar-refractivity contribution in [2.75, 3.05) is 31.9 Å². The quantitative estimate of drug-likeness (QED) is 0.818. The van der Waals surface area contributed by atoms with Crippen LogP contribution in [0.3, 0.4) is 0 Å². The number of benzene rings is 1. The van der Waals surface area contributed by atoms with Crippen LogP contribution in [0.2, 0.25) is 0 Å². The third kappa shape index (κ3) is 4.10. The van der Waals surface area contributed by atoms with Crippen LogP contribution in [0.25, 0.3) is 0 Å². The molecule has 0 spiro atoms. The van der Waals surface area contributed by atoms with Crippen molar-refractivity contribution in [3.63, 3.8) is 0 Å². The standard InChI is InChI=1S/C19H25N5OS/c25-19(18-13-24(22-21-18)16-6-9-20-10-7-16)23-11-8-15(12-23)14-26-17-4-2-1-3-5-17/h1-5,13,15-16,20H,6-12,14H2. The normalized spacial score (nSPS) is 21.2. The predicted octanol–water partition coefficient (Wildman–Crippen LogP) is 2.46. The molecule has 1 N–H and O–H groups in total. The zero-order chi connectivity index (χ0) is 17.8. The monoisotopic (exact) mass is 371 g/mol. The molecule has 2 fully saturated rings. The van der Waals surface area contributed by atoms with Crippen molar-refractivity contribution in [2.24, 2.45) is 5.92 Å². The SMILES string of the molecule is O=C(c1cn(C2CCNCC2)nn1)N1CCC(CSc2ccccc2)C1. The maximum absolute atomic E-state index is 12.8. The first kappa shape index (κ1) is 17.5. The summed E-state index contributed by atoms with van der Waals surface area (Å²) in [6, 6.07) is 10.8. The average molecular weight is 372 g/mol. The van der Waals surface area contributed by atoms with Crippen LogP contribution in [-0.4, -0.2) is 57.7 Å². The van der Waals surface area contributed by atoms with E-state index in [0.29, 0.717) is 17.7 Å². The van der Waals surface area contributed by atoms with Crippen LogP contribution >= 0.6 is 11.8 Å². The molecule has 1 unspecified atom stereocenters. The molecule has 6 nitrogen and oxygen atoms in total. The van der Waals surface area contributed by atoms with Crippen LogP contribution in [0, 0.1) is 5.92 Å². The van der Waals surface area contributed by atoms with Gasteiger partial charge in [-0.3, -0.25) is 4.79 Å². The number of likely N-dealkylation sites (tertiary alicyclic amines) is 1.